The molecule has 0 radical (unpaired) electrons. The van der Waals surface area contributed by atoms with Gasteiger partial charge in [0.15, 0.2) is 11.5 Å². The van der Waals surface area contributed by atoms with Gasteiger partial charge >= 0.3 is 12.1 Å². The summed E-state index contributed by atoms with van der Waals surface area (Å²) in [6.45, 7) is 3.87. The third kappa shape index (κ3) is 7.23. The van der Waals surface area contributed by atoms with Gasteiger partial charge in [0.1, 0.15) is 0 Å². The molecule has 0 aliphatic heterocycles. The number of aliphatic carboxylic acids is 1. The van der Waals surface area contributed by atoms with Crippen molar-refractivity contribution in [1.29, 1.82) is 0 Å². The number of carbonyl (C=O) groups is 3. The number of amides is 1. The maximum atomic E-state index is 14.5. The van der Waals surface area contributed by atoms with Crippen LogP contribution in [-0.4, -0.2) is 55.5 Å². The molecule has 13 heteroatoms. The average molecular weight is 617 g/mol. The summed E-state index contributed by atoms with van der Waals surface area (Å²) in [6.07, 6.45) is 2.58. The van der Waals surface area contributed by atoms with Crippen molar-refractivity contribution >= 4 is 40.9 Å². The van der Waals surface area contributed by atoms with Gasteiger partial charge in [-0.2, -0.15) is 18.3 Å². The lowest BCUT2D eigenvalue weighted by atomic mass is 9.73. The maximum Gasteiger partial charge on any atom is 0.433 e. The van der Waals surface area contributed by atoms with Gasteiger partial charge in [0.25, 0.3) is 5.91 Å². The third-order valence-electron chi connectivity index (χ3n) is 8.38. The molecule has 2 fully saturated rings. The Balaban J connectivity index is 1.66. The van der Waals surface area contributed by atoms with Gasteiger partial charge in [-0.3, -0.25) is 24.0 Å². The quantitative estimate of drug-likeness (QED) is 0.321. The second-order valence-electron chi connectivity index (χ2n) is 11.9. The van der Waals surface area contributed by atoms with Crippen LogP contribution < -0.4 is 0 Å². The van der Waals surface area contributed by atoms with E-state index in [0.29, 0.717) is 0 Å². The molecular weight excluding hydrogens is 584 g/mol. The zero-order chi connectivity index (χ0) is 30.1. The highest BCUT2D eigenvalue weighted by molar-refractivity contribution is 6.39. The number of ketones is 1. The summed E-state index contributed by atoms with van der Waals surface area (Å²) in [5, 5.41) is 13.2. The lowest BCUT2D eigenvalue weighted by Crippen LogP contribution is -2.41. The van der Waals surface area contributed by atoms with E-state index in [1.54, 1.807) is 0 Å². The van der Waals surface area contributed by atoms with E-state index in [2.05, 4.69) is 23.9 Å². The van der Waals surface area contributed by atoms with Gasteiger partial charge in [0, 0.05) is 18.9 Å². The molecule has 41 heavy (non-hydrogen) atoms. The number of carboxylic acid groups (broad SMARTS) is 1. The fraction of sp³-hybridized carbons (Fsp3) is 0.607. The fourth-order valence-corrected chi connectivity index (χ4v) is 6.49. The Morgan fingerprint density at radius 2 is 1.61 bits per heavy atom. The van der Waals surface area contributed by atoms with Crippen molar-refractivity contribution in [2.24, 2.45) is 17.3 Å². The molecule has 0 spiro atoms. The van der Waals surface area contributed by atoms with Crippen LogP contribution in [0.25, 0.3) is 0 Å². The first-order valence-corrected chi connectivity index (χ1v) is 14.4. The van der Waals surface area contributed by atoms with Crippen LogP contribution in [0.2, 0.25) is 10.0 Å². The minimum absolute atomic E-state index is 0.00108. The smallest absolute Gasteiger partial charge is 0.433 e. The Hall–Kier alpha value is -2.66. The summed E-state index contributed by atoms with van der Waals surface area (Å²) >= 11 is 12.3. The van der Waals surface area contributed by atoms with E-state index in [1.165, 1.54) is 12.4 Å². The minimum Gasteiger partial charge on any atom is -0.481 e. The largest absolute Gasteiger partial charge is 0.481 e. The highest BCUT2D eigenvalue weighted by Crippen LogP contribution is 2.41. The Kier molecular flexibility index (Phi) is 9.38. The number of pyridine rings is 1. The van der Waals surface area contributed by atoms with Crippen LogP contribution in [0, 0.1) is 17.3 Å². The van der Waals surface area contributed by atoms with E-state index in [0.717, 1.165) is 41.5 Å². The van der Waals surface area contributed by atoms with Crippen molar-refractivity contribution in [2.45, 2.75) is 77.4 Å². The minimum atomic E-state index is -4.91. The van der Waals surface area contributed by atoms with Gasteiger partial charge in [-0.25, -0.2) is 0 Å². The summed E-state index contributed by atoms with van der Waals surface area (Å²) in [6, 6.07) is -0.700. The Labute approximate surface area is 246 Å². The lowest BCUT2D eigenvalue weighted by molar-refractivity contribution is -0.147. The van der Waals surface area contributed by atoms with E-state index < -0.39 is 53.6 Å². The molecule has 2 aliphatic rings. The van der Waals surface area contributed by atoms with E-state index in [9.17, 15) is 32.7 Å². The van der Waals surface area contributed by atoms with Gasteiger partial charge in [-0.15, -0.1) is 0 Å². The van der Waals surface area contributed by atoms with E-state index in [-0.39, 0.29) is 59.2 Å². The average Bonchev–Trinajstić information content (AvgIpc) is 3.35. The first kappa shape index (κ1) is 31.3. The van der Waals surface area contributed by atoms with Crippen molar-refractivity contribution in [3.05, 3.63) is 45.5 Å². The number of hydrogen-bond acceptors (Lipinski definition) is 5. The van der Waals surface area contributed by atoms with Crippen molar-refractivity contribution in [1.82, 2.24) is 19.7 Å². The second kappa shape index (κ2) is 12.3. The molecule has 2 aromatic rings. The van der Waals surface area contributed by atoms with Gasteiger partial charge in [0.2, 0.25) is 0 Å². The number of alkyl halides is 3. The molecule has 0 aromatic carbocycles. The lowest BCUT2D eigenvalue weighted by Gasteiger charge is -2.36. The summed E-state index contributed by atoms with van der Waals surface area (Å²) < 4.78 is 44.2. The van der Waals surface area contributed by atoms with Gasteiger partial charge in [-0.1, -0.05) is 37.0 Å². The Morgan fingerprint density at radius 3 is 2.15 bits per heavy atom. The van der Waals surface area contributed by atoms with Crippen LogP contribution in [0.5, 0.6) is 0 Å². The van der Waals surface area contributed by atoms with Crippen LogP contribution in [0.3, 0.4) is 0 Å². The highest BCUT2D eigenvalue weighted by atomic mass is 35.5. The molecule has 8 nitrogen and oxygen atoms in total. The van der Waals surface area contributed by atoms with Crippen LogP contribution in [0.15, 0.2) is 18.6 Å². The van der Waals surface area contributed by atoms with Crippen molar-refractivity contribution in [3.8, 4) is 0 Å². The molecular formula is C28H33Cl2F3N4O4. The molecule has 2 aliphatic carbocycles. The van der Waals surface area contributed by atoms with Gasteiger partial charge in [0.05, 0.1) is 45.9 Å². The summed E-state index contributed by atoms with van der Waals surface area (Å²) in [5.74, 6) is -3.16. The molecule has 2 aromatic heterocycles. The van der Waals surface area contributed by atoms with Crippen molar-refractivity contribution in [3.63, 3.8) is 0 Å². The Bertz CT molecular complexity index is 1280. The van der Waals surface area contributed by atoms with Gasteiger partial charge in [-0.05, 0) is 62.7 Å². The molecule has 2 saturated carbocycles. The van der Waals surface area contributed by atoms with Crippen LogP contribution in [0.1, 0.15) is 97.7 Å². The highest BCUT2D eigenvalue weighted by Gasteiger charge is 2.44. The second-order valence-corrected chi connectivity index (χ2v) is 12.7. The topological polar surface area (TPSA) is 105 Å². The number of carboxylic acids is 1. The molecule has 1 amide bonds. The molecule has 224 valence electrons. The fourth-order valence-electron chi connectivity index (χ4n) is 5.92. The monoisotopic (exact) mass is 616 g/mol. The van der Waals surface area contributed by atoms with Gasteiger partial charge < -0.3 is 10.0 Å². The van der Waals surface area contributed by atoms with Crippen molar-refractivity contribution < 1.29 is 32.7 Å². The summed E-state index contributed by atoms with van der Waals surface area (Å²) in [4.78, 5) is 43.5. The van der Waals surface area contributed by atoms with E-state index >= 15 is 0 Å². The van der Waals surface area contributed by atoms with Crippen LogP contribution in [0.4, 0.5) is 13.2 Å². The zero-order valence-corrected chi connectivity index (χ0v) is 24.4. The molecule has 0 bridgehead atoms. The Morgan fingerprint density at radius 1 is 1.02 bits per heavy atom. The number of rotatable bonds is 8. The predicted molar refractivity (Wildman–Crippen MR) is 146 cm³/mol. The van der Waals surface area contributed by atoms with E-state index in [1.807, 2.05) is 0 Å². The normalized spacial score (nSPS) is 21.4. The van der Waals surface area contributed by atoms with Crippen LogP contribution in [-0.2, 0) is 11.0 Å². The van der Waals surface area contributed by atoms with Crippen molar-refractivity contribution in [2.75, 3.05) is 13.1 Å². The first-order valence-electron chi connectivity index (χ1n) is 13.7. The predicted octanol–water partition coefficient (Wildman–Crippen LogP) is 6.96. The molecule has 4 rings (SSSR count). The molecule has 1 N–H and O–H groups in total. The zero-order valence-electron chi connectivity index (χ0n) is 22.9. The molecule has 0 unspecified atom stereocenters. The number of carbonyl (C=O) groups excluding carboxylic acids is 2. The van der Waals surface area contributed by atoms with E-state index in [4.69, 9.17) is 23.2 Å². The molecule has 0 saturated heterocycles. The SMILES string of the molecule is CC1(C)CCC(CN(CC(=O)c2c(Cl)cncc2Cl)C(=O)c2cnn([C@H]3CC[C@H](C(=O)O)CC3)c2C(F)(F)F)CC1. The summed E-state index contributed by atoms with van der Waals surface area (Å²) in [5.41, 5.74) is -1.76. The number of halogens is 5. The number of Topliss-reactive ketones (excluding diaryl/α,β-unsaturated/α-hetero) is 1. The summed E-state index contributed by atoms with van der Waals surface area (Å²) in [7, 11) is 0. The van der Waals surface area contributed by atoms with Crippen LogP contribution >= 0.6 is 23.2 Å². The number of hydrogen-bond donors (Lipinski definition) is 1. The molecule has 0 atom stereocenters. The maximum absolute atomic E-state index is 14.5. The molecule has 2 heterocycles. The first-order chi connectivity index (χ1) is 19.2. The number of aromatic nitrogens is 3. The third-order valence-corrected chi connectivity index (χ3v) is 8.95. The number of nitrogens with zero attached hydrogens (tertiary/aromatic N) is 4. The standard InChI is InChI=1S/C28H33Cl2F3N4O4/c1-27(2)9-7-16(8-10-27)14-36(15-22(38)23-20(29)12-34-13-21(23)30)25(39)19-11-35-37(24(19)28(31,32)33)18-5-3-17(4-6-18)26(40)41/h11-13,16-18H,3-10,14-15H2,1-2H3,(H,40,41)/t17-,18-.